The van der Waals surface area contributed by atoms with E-state index in [1.165, 1.54) is 6.07 Å². The molecule has 90 valence electrons. The van der Waals surface area contributed by atoms with Crippen LogP contribution in [0.4, 0.5) is 4.39 Å². The van der Waals surface area contributed by atoms with Crippen LogP contribution in [0.2, 0.25) is 0 Å². The molecule has 0 unspecified atom stereocenters. The molecule has 1 aromatic carbocycles. The molecule has 0 fully saturated rings. The number of hydrogen-bond donors (Lipinski definition) is 2. The molecule has 16 heavy (non-hydrogen) atoms. The summed E-state index contributed by atoms with van der Waals surface area (Å²) in [6.07, 6.45) is -0.0244. The summed E-state index contributed by atoms with van der Waals surface area (Å²) in [4.78, 5) is 0. The lowest BCUT2D eigenvalue weighted by Crippen LogP contribution is -2.02. The van der Waals surface area contributed by atoms with Crippen molar-refractivity contribution in [3.8, 4) is 11.5 Å². The predicted molar refractivity (Wildman–Crippen MR) is 59.6 cm³/mol. The molecule has 1 aromatic rings. The average molecular weight is 228 g/mol. The van der Waals surface area contributed by atoms with E-state index in [9.17, 15) is 14.6 Å². The van der Waals surface area contributed by atoms with Gasteiger partial charge in [0.25, 0.3) is 0 Å². The van der Waals surface area contributed by atoms with E-state index >= 15 is 0 Å². The molecular formula is C12H17FO3. The van der Waals surface area contributed by atoms with Crippen LogP contribution in [-0.2, 0) is 0 Å². The van der Waals surface area contributed by atoms with Gasteiger partial charge in [0.1, 0.15) is 13.3 Å². The summed E-state index contributed by atoms with van der Waals surface area (Å²) in [5.41, 5.74) is 1.33. The predicted octanol–water partition coefficient (Wildman–Crippen LogP) is 2.49. The maximum Gasteiger partial charge on any atom is 0.163 e. The first-order valence-electron chi connectivity index (χ1n) is 5.30. The zero-order valence-electron chi connectivity index (χ0n) is 9.53. The lowest BCUT2D eigenvalue weighted by Gasteiger charge is -2.14. The third kappa shape index (κ3) is 2.85. The average Bonchev–Trinajstić information content (AvgIpc) is 2.26. The van der Waals surface area contributed by atoms with Gasteiger partial charge in [0, 0.05) is 0 Å². The maximum absolute atomic E-state index is 12.0. The van der Waals surface area contributed by atoms with Gasteiger partial charge >= 0.3 is 0 Å². The Kier molecular flexibility index (Phi) is 4.55. The second-order valence-corrected chi connectivity index (χ2v) is 3.65. The zero-order chi connectivity index (χ0) is 12.1. The Labute approximate surface area is 94.5 Å². The highest BCUT2D eigenvalue weighted by Crippen LogP contribution is 2.33. The Morgan fingerprint density at radius 2 is 2.12 bits per heavy atom. The van der Waals surface area contributed by atoms with Gasteiger partial charge in [-0.2, -0.15) is 0 Å². The first kappa shape index (κ1) is 12.8. The Bertz CT molecular complexity index is 329. The van der Waals surface area contributed by atoms with Gasteiger partial charge in [-0.3, -0.25) is 0 Å². The minimum Gasteiger partial charge on any atom is -0.504 e. The highest BCUT2D eigenvalue weighted by atomic mass is 19.1. The lowest BCUT2D eigenvalue weighted by atomic mass is 10.0. The molecule has 0 aliphatic heterocycles. The molecule has 0 aliphatic rings. The van der Waals surface area contributed by atoms with Crippen molar-refractivity contribution in [3.05, 3.63) is 23.3 Å². The molecule has 0 aromatic heterocycles. The highest BCUT2D eigenvalue weighted by Gasteiger charge is 2.12. The van der Waals surface area contributed by atoms with Crippen molar-refractivity contribution in [1.82, 2.24) is 0 Å². The standard InChI is InChI=1S/C12H17FO3/c1-3-10(14)9-6-8(2)12(11(15)7-9)16-5-4-13/h6-7,10,14-15H,3-5H2,1-2H3/t10-/m0/s1. The summed E-state index contributed by atoms with van der Waals surface area (Å²) < 4.78 is 17.0. The Morgan fingerprint density at radius 3 is 2.62 bits per heavy atom. The van der Waals surface area contributed by atoms with Gasteiger partial charge in [-0.25, -0.2) is 4.39 Å². The molecule has 1 rings (SSSR count). The van der Waals surface area contributed by atoms with Gasteiger partial charge < -0.3 is 14.9 Å². The van der Waals surface area contributed by atoms with Gasteiger partial charge in [-0.15, -0.1) is 0 Å². The molecule has 0 heterocycles. The van der Waals surface area contributed by atoms with E-state index in [0.29, 0.717) is 17.5 Å². The van der Waals surface area contributed by atoms with Crippen molar-refractivity contribution in [1.29, 1.82) is 0 Å². The first-order valence-corrected chi connectivity index (χ1v) is 5.30. The number of aromatic hydroxyl groups is 1. The molecule has 1 atom stereocenters. The van der Waals surface area contributed by atoms with Gasteiger partial charge in [0.2, 0.25) is 0 Å². The molecule has 0 saturated carbocycles. The van der Waals surface area contributed by atoms with Crippen LogP contribution in [0.25, 0.3) is 0 Å². The first-order chi connectivity index (χ1) is 7.60. The summed E-state index contributed by atoms with van der Waals surface area (Å²) in [7, 11) is 0. The third-order valence-corrected chi connectivity index (χ3v) is 2.37. The van der Waals surface area contributed by atoms with Gasteiger partial charge in [-0.1, -0.05) is 6.92 Å². The number of ether oxygens (including phenoxy) is 1. The molecular weight excluding hydrogens is 211 g/mol. The van der Waals surface area contributed by atoms with Crippen LogP contribution in [0.1, 0.15) is 30.6 Å². The summed E-state index contributed by atoms with van der Waals surface area (Å²) >= 11 is 0. The minimum atomic E-state index is -0.599. The number of aliphatic hydroxyl groups is 1. The Hall–Kier alpha value is -1.29. The van der Waals surface area contributed by atoms with Crippen molar-refractivity contribution >= 4 is 0 Å². The number of phenols is 1. The number of alkyl halides is 1. The van der Waals surface area contributed by atoms with Crippen LogP contribution in [0, 0.1) is 6.92 Å². The number of halogens is 1. The lowest BCUT2D eigenvalue weighted by molar-refractivity contribution is 0.173. The zero-order valence-corrected chi connectivity index (χ0v) is 9.53. The van der Waals surface area contributed by atoms with E-state index in [1.807, 2.05) is 6.92 Å². The van der Waals surface area contributed by atoms with Crippen LogP contribution >= 0.6 is 0 Å². The molecule has 0 bridgehead atoms. The molecule has 4 heteroatoms. The fraction of sp³-hybridized carbons (Fsp3) is 0.500. The molecule has 0 radical (unpaired) electrons. The van der Waals surface area contributed by atoms with Gasteiger partial charge in [-0.05, 0) is 36.6 Å². The van der Waals surface area contributed by atoms with Crippen molar-refractivity contribution in [2.45, 2.75) is 26.4 Å². The van der Waals surface area contributed by atoms with Gasteiger partial charge in [0.05, 0.1) is 6.10 Å². The van der Waals surface area contributed by atoms with Crippen LogP contribution in [0.15, 0.2) is 12.1 Å². The Balaban J connectivity index is 2.97. The van der Waals surface area contributed by atoms with Crippen molar-refractivity contribution in [2.24, 2.45) is 0 Å². The number of hydrogen-bond acceptors (Lipinski definition) is 3. The largest absolute Gasteiger partial charge is 0.504 e. The smallest absolute Gasteiger partial charge is 0.163 e. The fourth-order valence-corrected chi connectivity index (χ4v) is 1.54. The molecule has 0 saturated heterocycles. The SMILES string of the molecule is CC[C@H](O)c1cc(C)c(OCCF)c(O)c1. The van der Waals surface area contributed by atoms with Crippen LogP contribution < -0.4 is 4.74 Å². The molecule has 0 amide bonds. The van der Waals surface area contributed by atoms with E-state index in [0.717, 1.165) is 0 Å². The van der Waals surface area contributed by atoms with E-state index in [4.69, 9.17) is 4.74 Å². The van der Waals surface area contributed by atoms with Crippen molar-refractivity contribution in [2.75, 3.05) is 13.3 Å². The van der Waals surface area contributed by atoms with Gasteiger partial charge in [0.15, 0.2) is 11.5 Å². The monoisotopic (exact) mass is 228 g/mol. The number of phenolic OH excluding ortho intramolecular Hbond substituents is 1. The molecule has 0 aliphatic carbocycles. The number of rotatable bonds is 5. The van der Waals surface area contributed by atoms with Crippen molar-refractivity contribution in [3.63, 3.8) is 0 Å². The number of benzene rings is 1. The third-order valence-electron chi connectivity index (χ3n) is 2.37. The number of aliphatic hydroxyl groups excluding tert-OH is 1. The van der Waals surface area contributed by atoms with E-state index in [-0.39, 0.29) is 18.1 Å². The molecule has 3 nitrogen and oxygen atoms in total. The van der Waals surface area contributed by atoms with Crippen LogP contribution in [0.5, 0.6) is 11.5 Å². The summed E-state index contributed by atoms with van der Waals surface area (Å²) in [5, 5.41) is 19.3. The second kappa shape index (κ2) is 5.70. The summed E-state index contributed by atoms with van der Waals surface area (Å²) in [5.74, 6) is 0.223. The van der Waals surface area contributed by atoms with Crippen LogP contribution in [-0.4, -0.2) is 23.5 Å². The van der Waals surface area contributed by atoms with Crippen molar-refractivity contribution < 1.29 is 19.3 Å². The van der Waals surface area contributed by atoms with Crippen LogP contribution in [0.3, 0.4) is 0 Å². The normalized spacial score (nSPS) is 12.5. The van der Waals surface area contributed by atoms with E-state index in [1.54, 1.807) is 13.0 Å². The summed E-state index contributed by atoms with van der Waals surface area (Å²) in [6.45, 7) is 2.92. The number of aryl methyl sites for hydroxylation is 1. The minimum absolute atomic E-state index is 0.0593. The van der Waals surface area contributed by atoms with E-state index in [2.05, 4.69) is 0 Å². The highest BCUT2D eigenvalue weighted by molar-refractivity contribution is 5.48. The van der Waals surface area contributed by atoms with E-state index < -0.39 is 12.8 Å². The summed E-state index contributed by atoms with van der Waals surface area (Å²) in [6, 6.07) is 3.19. The molecule has 0 spiro atoms. The Morgan fingerprint density at radius 1 is 1.44 bits per heavy atom. The molecule has 2 N–H and O–H groups in total. The quantitative estimate of drug-likeness (QED) is 0.814. The maximum atomic E-state index is 12.0. The topological polar surface area (TPSA) is 49.7 Å². The fourth-order valence-electron chi connectivity index (χ4n) is 1.54. The second-order valence-electron chi connectivity index (χ2n) is 3.65.